The Morgan fingerprint density at radius 2 is 1.86 bits per heavy atom. The first-order valence-electron chi connectivity index (χ1n) is 11.9. The molecule has 0 bridgehead atoms. The van der Waals surface area contributed by atoms with Crippen LogP contribution < -0.4 is 10.6 Å². The highest BCUT2D eigenvalue weighted by Crippen LogP contribution is 2.37. The molecule has 0 saturated carbocycles. The highest BCUT2D eigenvalue weighted by Gasteiger charge is 2.37. The number of anilines is 1. The van der Waals surface area contributed by atoms with Crippen LogP contribution >= 0.6 is 0 Å². The first-order valence-corrected chi connectivity index (χ1v) is 14.8. The van der Waals surface area contributed by atoms with Gasteiger partial charge in [0.05, 0.1) is 18.7 Å². The fourth-order valence-electron chi connectivity index (χ4n) is 3.35. The van der Waals surface area contributed by atoms with Gasteiger partial charge in [-0.1, -0.05) is 44.1 Å². The molecule has 1 aliphatic heterocycles. The van der Waals surface area contributed by atoms with Crippen LogP contribution in [0.2, 0.25) is 18.1 Å². The molecule has 2 heterocycles. The van der Waals surface area contributed by atoms with Gasteiger partial charge in [0.15, 0.2) is 8.32 Å². The zero-order valence-corrected chi connectivity index (χ0v) is 22.3. The summed E-state index contributed by atoms with van der Waals surface area (Å²) in [7, 11) is -1.98. The Kier molecular flexibility index (Phi) is 8.60. The molecule has 35 heavy (non-hydrogen) atoms. The van der Waals surface area contributed by atoms with Crippen molar-refractivity contribution in [1.82, 2.24) is 9.97 Å². The number of benzene rings is 1. The number of amides is 1. The minimum absolute atomic E-state index is 0.0593. The zero-order chi connectivity index (χ0) is 25.6. The van der Waals surface area contributed by atoms with E-state index >= 15 is 4.39 Å². The number of primary amides is 1. The van der Waals surface area contributed by atoms with Crippen molar-refractivity contribution in [1.29, 1.82) is 0 Å². The number of rotatable bonds is 9. The summed E-state index contributed by atoms with van der Waals surface area (Å²) >= 11 is 0. The van der Waals surface area contributed by atoms with E-state index in [1.807, 2.05) is 6.07 Å². The van der Waals surface area contributed by atoms with Crippen molar-refractivity contribution in [2.24, 2.45) is 10.9 Å². The molecule has 0 aliphatic carbocycles. The molecule has 2 aromatic rings. The highest BCUT2D eigenvalue weighted by atomic mass is 28.4. The van der Waals surface area contributed by atoms with E-state index in [1.54, 1.807) is 24.5 Å². The number of halogens is 1. The second-order valence-corrected chi connectivity index (χ2v) is 15.1. The third-order valence-electron chi connectivity index (χ3n) is 6.68. The maximum atomic E-state index is 15.3. The van der Waals surface area contributed by atoms with E-state index in [0.717, 1.165) is 5.71 Å². The van der Waals surface area contributed by atoms with Crippen LogP contribution in [0.5, 0.6) is 0 Å². The van der Waals surface area contributed by atoms with E-state index in [4.69, 9.17) is 15.0 Å². The minimum Gasteiger partial charge on any atom is -0.412 e. The lowest BCUT2D eigenvalue weighted by Crippen LogP contribution is -2.40. The van der Waals surface area contributed by atoms with Gasteiger partial charge in [-0.2, -0.15) is 0 Å². The molecular formula is C25H36FN5O3Si. The van der Waals surface area contributed by atoms with Gasteiger partial charge in [-0.25, -0.2) is 14.4 Å². The summed E-state index contributed by atoms with van der Waals surface area (Å²) in [6.45, 7) is 12.7. The van der Waals surface area contributed by atoms with Gasteiger partial charge < -0.3 is 19.9 Å². The average Bonchev–Trinajstić information content (AvgIpc) is 2.81. The third-order valence-corrected chi connectivity index (χ3v) is 11.2. The molecule has 190 valence electrons. The molecular weight excluding hydrogens is 465 g/mol. The fourth-order valence-corrected chi connectivity index (χ4v) is 4.30. The minimum atomic E-state index is -1.98. The normalized spacial score (nSPS) is 14.7. The maximum Gasteiger partial charge on any atom is 0.225 e. The molecule has 8 nitrogen and oxygen atoms in total. The molecule has 1 fully saturated rings. The van der Waals surface area contributed by atoms with Crippen LogP contribution in [0.4, 0.5) is 10.3 Å². The number of nitrogens with two attached hydrogens (primary N) is 1. The van der Waals surface area contributed by atoms with Crippen molar-refractivity contribution in [2.75, 3.05) is 24.6 Å². The lowest BCUT2D eigenvalue weighted by Gasteiger charge is -2.36. The van der Waals surface area contributed by atoms with Gasteiger partial charge in [0.2, 0.25) is 11.9 Å². The van der Waals surface area contributed by atoms with Gasteiger partial charge in [-0.3, -0.25) is 4.79 Å². The standard InChI is InChI=1S/C25H36FN5O3Si/c1-25(2,3)35(4,5)34-17-18-7-6-8-21(23(18)26)19-15-28-24(29-16-19)31-12-9-20(10-13-31)30-33-14-11-22(27)32/h6-8,15-16H,9-14,17H2,1-5H3,(H2,27,32). The summed E-state index contributed by atoms with van der Waals surface area (Å²) in [5.41, 5.74) is 7.65. The van der Waals surface area contributed by atoms with Crippen LogP contribution in [0.3, 0.4) is 0 Å². The predicted molar refractivity (Wildman–Crippen MR) is 138 cm³/mol. The first kappa shape index (κ1) is 26.7. The van der Waals surface area contributed by atoms with Crippen LogP contribution in [0.25, 0.3) is 11.1 Å². The molecule has 1 aromatic carbocycles. The largest absolute Gasteiger partial charge is 0.412 e. The van der Waals surface area contributed by atoms with Crippen molar-refractivity contribution in [2.45, 2.75) is 64.8 Å². The number of piperidine rings is 1. The molecule has 0 spiro atoms. The first-order chi connectivity index (χ1) is 16.5. The summed E-state index contributed by atoms with van der Waals surface area (Å²) in [4.78, 5) is 26.9. The lowest BCUT2D eigenvalue weighted by molar-refractivity contribution is -0.119. The van der Waals surface area contributed by atoms with Crippen molar-refractivity contribution < 1.29 is 18.4 Å². The van der Waals surface area contributed by atoms with Crippen LogP contribution in [0, 0.1) is 5.82 Å². The second-order valence-electron chi connectivity index (χ2n) is 10.3. The summed E-state index contributed by atoms with van der Waals surface area (Å²) in [5.74, 6) is -0.107. The Morgan fingerprint density at radius 1 is 1.20 bits per heavy atom. The summed E-state index contributed by atoms with van der Waals surface area (Å²) in [6.07, 6.45) is 4.90. The zero-order valence-electron chi connectivity index (χ0n) is 21.3. The highest BCUT2D eigenvalue weighted by molar-refractivity contribution is 6.74. The van der Waals surface area contributed by atoms with E-state index in [1.165, 1.54) is 0 Å². The molecule has 1 aromatic heterocycles. The van der Waals surface area contributed by atoms with Crippen LogP contribution in [-0.4, -0.2) is 49.6 Å². The van der Waals surface area contributed by atoms with Crippen molar-refractivity contribution in [3.63, 3.8) is 0 Å². The molecule has 1 saturated heterocycles. The summed E-state index contributed by atoms with van der Waals surface area (Å²) in [5, 5.41) is 4.15. The number of carbonyl (C=O) groups is 1. The lowest BCUT2D eigenvalue weighted by atomic mass is 10.1. The van der Waals surface area contributed by atoms with Gasteiger partial charge in [0.25, 0.3) is 0 Å². The second kappa shape index (κ2) is 11.3. The van der Waals surface area contributed by atoms with Gasteiger partial charge in [0, 0.05) is 55.0 Å². The Bertz CT molecular complexity index is 1040. The monoisotopic (exact) mass is 501 g/mol. The van der Waals surface area contributed by atoms with Crippen molar-refractivity contribution in [3.8, 4) is 11.1 Å². The SMILES string of the molecule is CC(C)(C)[Si](C)(C)OCc1cccc(-c2cnc(N3CCC(=NOCCC(N)=O)CC3)nc2)c1F. The van der Waals surface area contributed by atoms with Gasteiger partial charge in [-0.05, 0) is 18.1 Å². The van der Waals surface area contributed by atoms with E-state index in [-0.39, 0.29) is 30.5 Å². The van der Waals surface area contributed by atoms with Gasteiger partial charge in [0.1, 0.15) is 12.4 Å². The maximum absolute atomic E-state index is 15.3. The Morgan fingerprint density at radius 3 is 2.46 bits per heavy atom. The molecule has 1 amide bonds. The third kappa shape index (κ3) is 7.08. The Balaban J connectivity index is 1.62. The molecule has 0 unspecified atom stereocenters. The topological polar surface area (TPSA) is 103 Å². The van der Waals surface area contributed by atoms with Gasteiger partial charge >= 0.3 is 0 Å². The van der Waals surface area contributed by atoms with Crippen LogP contribution in [0.1, 0.15) is 45.6 Å². The van der Waals surface area contributed by atoms with E-state index in [0.29, 0.717) is 48.6 Å². The number of oxime groups is 1. The fraction of sp³-hybridized carbons (Fsp3) is 0.520. The van der Waals surface area contributed by atoms with E-state index in [2.05, 4.69) is 53.9 Å². The summed E-state index contributed by atoms with van der Waals surface area (Å²) in [6, 6.07) is 5.35. The smallest absolute Gasteiger partial charge is 0.225 e. The van der Waals surface area contributed by atoms with Crippen molar-refractivity contribution in [3.05, 3.63) is 42.0 Å². The molecule has 2 N–H and O–H groups in total. The average molecular weight is 502 g/mol. The van der Waals surface area contributed by atoms with E-state index in [9.17, 15) is 4.79 Å². The van der Waals surface area contributed by atoms with Gasteiger partial charge in [-0.15, -0.1) is 0 Å². The molecule has 0 radical (unpaired) electrons. The number of hydrogen-bond donors (Lipinski definition) is 1. The van der Waals surface area contributed by atoms with Crippen LogP contribution in [-0.2, 0) is 20.7 Å². The Labute approximate surface area is 207 Å². The molecule has 3 rings (SSSR count). The van der Waals surface area contributed by atoms with E-state index < -0.39 is 14.2 Å². The Hall–Kier alpha value is -2.85. The molecule has 0 atom stereocenters. The van der Waals surface area contributed by atoms with Crippen LogP contribution in [0.15, 0.2) is 35.7 Å². The molecule has 1 aliphatic rings. The predicted octanol–water partition coefficient (Wildman–Crippen LogP) is 4.65. The van der Waals surface area contributed by atoms with Crippen molar-refractivity contribution >= 4 is 25.9 Å². The quantitative estimate of drug-likeness (QED) is 0.305. The summed E-state index contributed by atoms with van der Waals surface area (Å²) < 4.78 is 21.5. The molecule has 10 heteroatoms. The number of nitrogens with zero attached hydrogens (tertiary/aromatic N) is 4. The number of aromatic nitrogens is 2. The number of carbonyl (C=O) groups excluding carboxylic acids is 1. The number of hydrogen-bond acceptors (Lipinski definition) is 7.